The Morgan fingerprint density at radius 1 is 0.889 bits per heavy atom. The Morgan fingerprint density at radius 3 is 2.08 bits per heavy atom. The molecule has 188 valence electrons. The number of alkyl carbamates (subject to hydrolysis) is 1. The molecule has 0 spiro atoms. The second kappa shape index (κ2) is 11.7. The molecule has 0 fully saturated rings. The van der Waals surface area contributed by atoms with Crippen LogP contribution in [0.3, 0.4) is 0 Å². The van der Waals surface area contributed by atoms with Crippen molar-refractivity contribution in [1.29, 1.82) is 0 Å². The van der Waals surface area contributed by atoms with E-state index >= 15 is 0 Å². The van der Waals surface area contributed by atoms with Crippen molar-refractivity contribution in [2.75, 3.05) is 12.4 Å². The fourth-order valence-electron chi connectivity index (χ4n) is 4.45. The molecule has 1 aliphatic rings. The fraction of sp³-hybridized carbons (Fsp3) is 0.333. The highest BCUT2D eigenvalue weighted by Gasteiger charge is 2.29. The Morgan fingerprint density at radius 2 is 1.47 bits per heavy atom. The van der Waals surface area contributed by atoms with E-state index < -0.39 is 11.7 Å². The van der Waals surface area contributed by atoms with Crippen LogP contribution in [-0.4, -0.2) is 36.1 Å². The van der Waals surface area contributed by atoms with Crippen molar-refractivity contribution >= 4 is 23.8 Å². The van der Waals surface area contributed by atoms with Gasteiger partial charge >= 0.3 is 12.1 Å². The third kappa shape index (κ3) is 6.91. The predicted molar refractivity (Wildman–Crippen MR) is 144 cm³/mol. The van der Waals surface area contributed by atoms with Gasteiger partial charge in [-0.3, -0.25) is 4.79 Å². The fourth-order valence-corrected chi connectivity index (χ4v) is 5.44. The highest BCUT2D eigenvalue weighted by atomic mass is 32.2. The summed E-state index contributed by atoms with van der Waals surface area (Å²) in [4.78, 5) is 26.5. The van der Waals surface area contributed by atoms with E-state index in [4.69, 9.17) is 9.47 Å². The number of hydrogen-bond acceptors (Lipinski definition) is 5. The number of carbonyl (C=O) groups is 2. The lowest BCUT2D eigenvalue weighted by molar-refractivity contribution is -0.155. The second-order valence-electron chi connectivity index (χ2n) is 9.91. The topological polar surface area (TPSA) is 64.6 Å². The maximum absolute atomic E-state index is 12.8. The van der Waals surface area contributed by atoms with Crippen LogP contribution in [0.4, 0.5) is 4.79 Å². The lowest BCUT2D eigenvalue weighted by atomic mass is 9.98. The molecule has 6 heteroatoms. The van der Waals surface area contributed by atoms with E-state index in [0.717, 1.165) is 21.8 Å². The summed E-state index contributed by atoms with van der Waals surface area (Å²) in [6, 6.07) is 26.2. The summed E-state index contributed by atoms with van der Waals surface area (Å²) in [5.41, 5.74) is 4.11. The molecule has 0 aliphatic heterocycles. The van der Waals surface area contributed by atoms with Gasteiger partial charge in [-0.25, -0.2) is 4.79 Å². The summed E-state index contributed by atoms with van der Waals surface area (Å²) in [6.07, 6.45) is 0.190. The number of fused-ring (bicyclic) bond motifs is 3. The van der Waals surface area contributed by atoms with E-state index in [-0.39, 0.29) is 31.0 Å². The van der Waals surface area contributed by atoms with Crippen LogP contribution in [0.15, 0.2) is 83.8 Å². The number of rotatable bonds is 9. The molecule has 3 aromatic rings. The molecule has 0 unspecified atom stereocenters. The van der Waals surface area contributed by atoms with E-state index in [1.54, 1.807) is 11.8 Å². The number of ether oxygens (including phenoxy) is 2. The molecule has 3 aromatic carbocycles. The van der Waals surface area contributed by atoms with Crippen molar-refractivity contribution in [1.82, 2.24) is 5.32 Å². The monoisotopic (exact) mass is 503 g/mol. The largest absolute Gasteiger partial charge is 0.460 e. The van der Waals surface area contributed by atoms with Gasteiger partial charge in [-0.05, 0) is 67.3 Å². The Balaban J connectivity index is 1.37. The van der Waals surface area contributed by atoms with Crippen LogP contribution in [0.2, 0.25) is 0 Å². The minimum Gasteiger partial charge on any atom is -0.460 e. The Hall–Kier alpha value is -3.25. The van der Waals surface area contributed by atoms with Crippen LogP contribution in [0.5, 0.6) is 0 Å². The predicted octanol–water partition coefficient (Wildman–Crippen LogP) is 6.81. The Bertz CT molecular complexity index is 1140. The maximum Gasteiger partial charge on any atom is 0.407 e. The summed E-state index contributed by atoms with van der Waals surface area (Å²) in [7, 11) is 0. The van der Waals surface area contributed by atoms with Gasteiger partial charge in [-0.2, -0.15) is 0 Å². The minimum absolute atomic E-state index is 0.0129. The molecule has 0 saturated heterocycles. The zero-order valence-corrected chi connectivity index (χ0v) is 21.8. The van der Waals surface area contributed by atoms with Gasteiger partial charge in [0.05, 0.1) is 6.42 Å². The van der Waals surface area contributed by atoms with Gasteiger partial charge in [-0.1, -0.05) is 66.7 Å². The van der Waals surface area contributed by atoms with E-state index in [2.05, 4.69) is 29.6 Å². The molecule has 5 nitrogen and oxygen atoms in total. The van der Waals surface area contributed by atoms with Gasteiger partial charge in [0.2, 0.25) is 0 Å². The maximum atomic E-state index is 12.8. The number of carbonyl (C=O) groups excluding carboxylic acids is 2. The molecule has 4 rings (SSSR count). The van der Waals surface area contributed by atoms with Crippen molar-refractivity contribution in [2.24, 2.45) is 0 Å². The molecular weight excluding hydrogens is 470 g/mol. The van der Waals surface area contributed by atoms with Crippen LogP contribution in [0.25, 0.3) is 11.1 Å². The summed E-state index contributed by atoms with van der Waals surface area (Å²) in [5, 5.41) is 2.92. The molecule has 36 heavy (non-hydrogen) atoms. The molecule has 0 saturated carbocycles. The highest BCUT2D eigenvalue weighted by molar-refractivity contribution is 7.99. The van der Waals surface area contributed by atoms with Crippen LogP contribution < -0.4 is 5.32 Å². The van der Waals surface area contributed by atoms with Crippen molar-refractivity contribution in [3.8, 4) is 11.1 Å². The van der Waals surface area contributed by atoms with Crippen molar-refractivity contribution in [2.45, 2.75) is 56.1 Å². The zero-order chi connectivity index (χ0) is 25.5. The molecule has 0 aromatic heterocycles. The molecule has 1 aliphatic carbocycles. The number of esters is 1. The average Bonchev–Trinajstić information content (AvgIpc) is 3.16. The molecule has 1 amide bonds. The highest BCUT2D eigenvalue weighted by Crippen LogP contribution is 2.44. The van der Waals surface area contributed by atoms with E-state index in [1.165, 1.54) is 11.1 Å². The van der Waals surface area contributed by atoms with Gasteiger partial charge in [0.15, 0.2) is 0 Å². The van der Waals surface area contributed by atoms with Gasteiger partial charge in [0, 0.05) is 16.9 Å². The van der Waals surface area contributed by atoms with Crippen LogP contribution in [0, 0.1) is 0 Å². The van der Waals surface area contributed by atoms with E-state index in [9.17, 15) is 9.59 Å². The second-order valence-corrected chi connectivity index (χ2v) is 11.1. The third-order valence-corrected chi connectivity index (χ3v) is 7.02. The minimum atomic E-state index is -0.579. The lowest BCUT2D eigenvalue weighted by Crippen LogP contribution is -2.39. The SMILES string of the molecule is CC(C)(C)OC(=O)C[C@H](CCSc1ccccc1)NC(=O)OCC1c2ccccc2-c2ccccc21. The Kier molecular flexibility index (Phi) is 8.36. The van der Waals surface area contributed by atoms with Gasteiger partial charge in [0.25, 0.3) is 0 Å². The zero-order valence-electron chi connectivity index (χ0n) is 21.0. The standard InChI is InChI=1S/C30H33NO4S/c1-30(2,3)35-28(32)19-21(17-18-36-22-11-5-4-6-12-22)31-29(33)34-20-27-25-15-9-7-13-23(25)24-14-8-10-16-26(24)27/h4-16,21,27H,17-20H2,1-3H3,(H,31,33)/t21-/m0/s1. The van der Waals surface area contributed by atoms with Crippen LogP contribution in [-0.2, 0) is 14.3 Å². The van der Waals surface area contributed by atoms with Crippen molar-refractivity contribution in [3.05, 3.63) is 90.0 Å². The summed E-state index contributed by atoms with van der Waals surface area (Å²) in [6.45, 7) is 5.75. The van der Waals surface area contributed by atoms with E-state index in [0.29, 0.717) is 6.42 Å². The molecule has 1 atom stereocenters. The van der Waals surface area contributed by atoms with E-state index in [1.807, 2.05) is 75.4 Å². The third-order valence-electron chi connectivity index (χ3n) is 5.98. The number of benzene rings is 3. The molecule has 0 heterocycles. The summed E-state index contributed by atoms with van der Waals surface area (Å²) < 4.78 is 11.2. The average molecular weight is 504 g/mol. The summed E-state index contributed by atoms with van der Waals surface area (Å²) >= 11 is 1.69. The first-order valence-electron chi connectivity index (χ1n) is 12.3. The normalized spacial score (nSPS) is 13.4. The molecule has 1 N–H and O–H groups in total. The van der Waals surface area contributed by atoms with Gasteiger partial charge < -0.3 is 14.8 Å². The van der Waals surface area contributed by atoms with Gasteiger partial charge in [0.1, 0.15) is 12.2 Å². The lowest BCUT2D eigenvalue weighted by Gasteiger charge is -2.23. The first kappa shape index (κ1) is 25.8. The number of amides is 1. The Labute approximate surface area is 217 Å². The van der Waals surface area contributed by atoms with Crippen molar-refractivity contribution < 1.29 is 19.1 Å². The first-order chi connectivity index (χ1) is 17.3. The smallest absolute Gasteiger partial charge is 0.407 e. The summed E-state index contributed by atoms with van der Waals surface area (Å²) in [5.74, 6) is 0.401. The van der Waals surface area contributed by atoms with Gasteiger partial charge in [-0.15, -0.1) is 11.8 Å². The number of hydrogen-bond donors (Lipinski definition) is 1. The van der Waals surface area contributed by atoms with Crippen LogP contribution >= 0.6 is 11.8 Å². The molecule has 0 bridgehead atoms. The van der Waals surface area contributed by atoms with Crippen LogP contribution in [0.1, 0.15) is 50.7 Å². The number of thioether (sulfide) groups is 1. The quantitative estimate of drug-likeness (QED) is 0.257. The molecular formula is C30H33NO4S. The van der Waals surface area contributed by atoms with Crippen molar-refractivity contribution in [3.63, 3.8) is 0 Å². The number of nitrogens with one attached hydrogen (secondary N) is 1. The first-order valence-corrected chi connectivity index (χ1v) is 13.3. The molecule has 0 radical (unpaired) electrons.